The third kappa shape index (κ3) is 6.26. The van der Waals surface area contributed by atoms with Gasteiger partial charge < -0.3 is 10.1 Å². The molecule has 0 aliphatic heterocycles. The number of nitrogens with zero attached hydrogens (tertiary/aromatic N) is 2. The highest BCUT2D eigenvalue weighted by Gasteiger charge is 2.05. The van der Waals surface area contributed by atoms with Gasteiger partial charge in [-0.1, -0.05) is 44.2 Å². The van der Waals surface area contributed by atoms with Crippen molar-refractivity contribution in [3.05, 3.63) is 79.0 Å². The first-order valence-corrected chi connectivity index (χ1v) is 9.25. The minimum Gasteiger partial charge on any atom is -0.493 e. The molecule has 1 aromatic heterocycles. The second-order valence-electron chi connectivity index (χ2n) is 5.71. The molecule has 3 rings (SSSR count). The average molecular weight is 364 g/mol. The summed E-state index contributed by atoms with van der Waals surface area (Å²) in [5.41, 5.74) is 3.99. The van der Waals surface area contributed by atoms with Crippen molar-refractivity contribution in [1.82, 2.24) is 9.97 Å². The molecule has 1 N–H and O–H groups in total. The Morgan fingerprint density at radius 2 is 1.93 bits per heavy atom. The second-order valence-corrected chi connectivity index (χ2v) is 5.71. The van der Waals surface area contributed by atoms with Gasteiger partial charge in [0.05, 0.1) is 12.3 Å². The molecule has 0 fully saturated rings. The highest BCUT2D eigenvalue weighted by molar-refractivity contribution is 5.63. The largest absolute Gasteiger partial charge is 0.493 e. The fourth-order valence-electron chi connectivity index (χ4n) is 2.44. The Balaban J connectivity index is 0.00000127. The third-order valence-corrected chi connectivity index (χ3v) is 3.65. The highest BCUT2D eigenvalue weighted by atomic mass is 16.5. The van der Waals surface area contributed by atoms with Crippen molar-refractivity contribution in [3.63, 3.8) is 0 Å². The molecule has 4 nitrogen and oxygen atoms in total. The Labute approximate surface area is 163 Å². The van der Waals surface area contributed by atoms with Gasteiger partial charge in [-0.3, -0.25) is 0 Å². The Kier molecular flexibility index (Phi) is 8.04. The number of aryl methyl sites for hydroxylation is 1. The summed E-state index contributed by atoms with van der Waals surface area (Å²) in [5.74, 6) is 1.40. The normalized spacial score (nSPS) is 9.74. The molecular formula is C23H29N3O. The third-order valence-electron chi connectivity index (χ3n) is 3.65. The molecule has 0 unspecified atom stereocenters. The number of anilines is 2. The first kappa shape index (κ1) is 20.2. The van der Waals surface area contributed by atoms with Crippen LogP contribution in [0, 0.1) is 6.92 Å². The van der Waals surface area contributed by atoms with Crippen molar-refractivity contribution in [2.75, 3.05) is 11.9 Å². The zero-order valence-corrected chi connectivity index (χ0v) is 16.3. The van der Waals surface area contributed by atoms with Crippen LogP contribution in [0.4, 0.5) is 11.6 Å². The topological polar surface area (TPSA) is 47.0 Å². The number of hydrogen-bond acceptors (Lipinski definition) is 4. The molecule has 2 aromatic carbocycles. The molecule has 27 heavy (non-hydrogen) atoms. The van der Waals surface area contributed by atoms with Crippen LogP contribution in [0.15, 0.2) is 73.4 Å². The molecule has 0 saturated carbocycles. The number of rotatable bonds is 7. The van der Waals surface area contributed by atoms with E-state index in [0.29, 0.717) is 12.6 Å². The van der Waals surface area contributed by atoms with Gasteiger partial charge in [0.1, 0.15) is 5.75 Å². The fraction of sp³-hybridized carbons (Fsp3) is 0.217. The van der Waals surface area contributed by atoms with Gasteiger partial charge >= 0.3 is 0 Å². The second kappa shape index (κ2) is 10.8. The molecule has 3 aromatic rings. The molecule has 0 aliphatic rings. The summed E-state index contributed by atoms with van der Waals surface area (Å²) in [5, 5.41) is 3.25. The minimum atomic E-state index is 0. The zero-order chi connectivity index (χ0) is 19.5. The average Bonchev–Trinajstić information content (AvgIpc) is 2.70. The monoisotopic (exact) mass is 363 g/mol. The predicted molar refractivity (Wildman–Crippen MR) is 116 cm³/mol. The molecule has 0 bridgehead atoms. The van der Waals surface area contributed by atoms with E-state index >= 15 is 0 Å². The molecule has 142 valence electrons. The van der Waals surface area contributed by atoms with E-state index in [9.17, 15) is 0 Å². The fourth-order valence-corrected chi connectivity index (χ4v) is 2.44. The smallest absolute Gasteiger partial charge is 0.227 e. The number of ether oxygens (including phenoxy) is 1. The quantitative estimate of drug-likeness (QED) is 0.388. The molecular weight excluding hydrogens is 334 g/mol. The van der Waals surface area contributed by atoms with Crippen molar-refractivity contribution < 1.29 is 6.16 Å². The summed E-state index contributed by atoms with van der Waals surface area (Å²) in [6.07, 6.45) is 4.42. The van der Waals surface area contributed by atoms with Crippen LogP contribution in [0.3, 0.4) is 0 Å². The van der Waals surface area contributed by atoms with Gasteiger partial charge in [-0.05, 0) is 49.2 Å². The lowest BCUT2D eigenvalue weighted by molar-refractivity contribution is 0.325. The van der Waals surface area contributed by atoms with Gasteiger partial charge in [-0.15, -0.1) is 6.58 Å². The van der Waals surface area contributed by atoms with Crippen molar-refractivity contribution in [2.45, 2.75) is 27.2 Å². The summed E-state index contributed by atoms with van der Waals surface area (Å²) in [7, 11) is 0. The summed E-state index contributed by atoms with van der Waals surface area (Å²) in [6.45, 7) is 10.4. The first-order chi connectivity index (χ1) is 13.2. The molecule has 0 atom stereocenters. The van der Waals surface area contributed by atoms with Crippen LogP contribution in [-0.2, 0) is 0 Å². The van der Waals surface area contributed by atoms with Crippen LogP contribution >= 0.6 is 0 Å². The van der Waals surface area contributed by atoms with Gasteiger partial charge in [0, 0.05) is 18.9 Å². The SMILES string of the molecule is C=CCCOc1cccc(-c2ccnc(Nc3cccc(C)c3)n2)c1.CC.[HH]. The van der Waals surface area contributed by atoms with E-state index in [4.69, 9.17) is 4.74 Å². The lowest BCUT2D eigenvalue weighted by Crippen LogP contribution is -1.98. The minimum absolute atomic E-state index is 0. The Hall–Kier alpha value is -3.14. The molecule has 4 heteroatoms. The molecule has 0 saturated heterocycles. The van der Waals surface area contributed by atoms with Gasteiger partial charge in [0.25, 0.3) is 0 Å². The standard InChI is InChI=1S/C21H21N3O.C2H6.H2/c1-3-4-13-25-19-10-6-8-17(15-19)20-11-12-22-21(24-20)23-18-9-5-7-16(2)14-18;1-2;/h3,5-12,14-15H,1,4,13H2,2H3,(H,22,23,24);1-2H3;1H. The van der Waals surface area contributed by atoms with E-state index in [1.807, 2.05) is 62.4 Å². The van der Waals surface area contributed by atoms with E-state index < -0.39 is 0 Å². The maximum absolute atomic E-state index is 5.72. The van der Waals surface area contributed by atoms with Gasteiger partial charge in [-0.25, -0.2) is 9.97 Å². The van der Waals surface area contributed by atoms with Crippen LogP contribution in [-0.4, -0.2) is 16.6 Å². The number of aromatic nitrogens is 2. The number of hydrogen-bond donors (Lipinski definition) is 1. The predicted octanol–water partition coefficient (Wildman–Crippen LogP) is 6.42. The summed E-state index contributed by atoms with van der Waals surface area (Å²) in [4.78, 5) is 8.92. The van der Waals surface area contributed by atoms with Gasteiger partial charge in [0.2, 0.25) is 5.95 Å². The van der Waals surface area contributed by atoms with Crippen molar-refractivity contribution in [1.29, 1.82) is 0 Å². The molecule has 1 heterocycles. The van der Waals surface area contributed by atoms with Crippen molar-refractivity contribution in [3.8, 4) is 17.0 Å². The number of benzene rings is 2. The summed E-state index contributed by atoms with van der Waals surface area (Å²) < 4.78 is 5.72. The van der Waals surface area contributed by atoms with Crippen LogP contribution in [0.1, 0.15) is 27.3 Å². The van der Waals surface area contributed by atoms with E-state index in [0.717, 1.165) is 29.1 Å². The zero-order valence-electron chi connectivity index (χ0n) is 16.3. The van der Waals surface area contributed by atoms with Crippen LogP contribution < -0.4 is 10.1 Å². The maximum Gasteiger partial charge on any atom is 0.227 e. The Bertz CT molecular complexity index is 868. The van der Waals surface area contributed by atoms with Gasteiger partial charge in [0.15, 0.2) is 0 Å². The highest BCUT2D eigenvalue weighted by Crippen LogP contribution is 2.24. The van der Waals surface area contributed by atoms with E-state index in [-0.39, 0.29) is 1.43 Å². The van der Waals surface area contributed by atoms with Gasteiger partial charge in [-0.2, -0.15) is 0 Å². The Morgan fingerprint density at radius 3 is 2.70 bits per heavy atom. The molecule has 0 aliphatic carbocycles. The van der Waals surface area contributed by atoms with Crippen molar-refractivity contribution >= 4 is 11.6 Å². The maximum atomic E-state index is 5.72. The van der Waals surface area contributed by atoms with E-state index in [1.54, 1.807) is 6.20 Å². The van der Waals surface area contributed by atoms with Crippen LogP contribution in [0.5, 0.6) is 5.75 Å². The summed E-state index contributed by atoms with van der Waals surface area (Å²) >= 11 is 0. The van der Waals surface area contributed by atoms with E-state index in [2.05, 4.69) is 40.9 Å². The molecule has 0 spiro atoms. The van der Waals surface area contributed by atoms with Crippen LogP contribution in [0.25, 0.3) is 11.3 Å². The lowest BCUT2D eigenvalue weighted by Gasteiger charge is -2.09. The molecule has 0 amide bonds. The van der Waals surface area contributed by atoms with E-state index in [1.165, 1.54) is 5.56 Å². The van der Waals surface area contributed by atoms with Crippen LogP contribution in [0.2, 0.25) is 0 Å². The van der Waals surface area contributed by atoms with Crippen molar-refractivity contribution in [2.24, 2.45) is 0 Å². The summed E-state index contributed by atoms with van der Waals surface area (Å²) in [6, 6.07) is 17.9. The first-order valence-electron chi connectivity index (χ1n) is 9.25. The molecule has 0 radical (unpaired) electrons. The lowest BCUT2D eigenvalue weighted by atomic mass is 10.1. The Morgan fingerprint density at radius 1 is 1.11 bits per heavy atom. The number of nitrogens with one attached hydrogen (secondary N) is 1.